The molecule has 44 heavy (non-hydrogen) atoms. The first-order valence-corrected chi connectivity index (χ1v) is 14.8. The highest BCUT2D eigenvalue weighted by Crippen LogP contribution is 2.31. The molecule has 0 aliphatic carbocycles. The maximum atomic E-state index is 14.8. The lowest BCUT2D eigenvalue weighted by Crippen LogP contribution is -2.40. The van der Waals surface area contributed by atoms with E-state index >= 15 is 0 Å². The summed E-state index contributed by atoms with van der Waals surface area (Å²) in [7, 11) is 3.37. The maximum absolute atomic E-state index is 14.8. The van der Waals surface area contributed by atoms with Crippen LogP contribution in [0, 0.1) is 0 Å². The van der Waals surface area contributed by atoms with Crippen LogP contribution in [0.2, 0.25) is 0 Å². The Kier molecular flexibility index (Phi) is 10.6. The number of anilines is 3. The molecule has 14 nitrogen and oxygen atoms in total. The van der Waals surface area contributed by atoms with Gasteiger partial charge in [-0.3, -0.25) is 9.48 Å². The third-order valence-electron chi connectivity index (χ3n) is 7.00. The Hall–Kier alpha value is -4.43. The molecule has 1 fully saturated rings. The molecule has 0 saturated carbocycles. The number of alkyl halides is 1. The van der Waals surface area contributed by atoms with Crippen LogP contribution in [0.5, 0.6) is 5.88 Å². The number of amides is 2. The van der Waals surface area contributed by atoms with Crippen molar-refractivity contribution in [3.05, 3.63) is 25.2 Å². The topological polar surface area (TPSA) is 153 Å². The number of hydrogen-bond acceptors (Lipinski definition) is 10. The number of carbonyl (C=O) groups excluding carboxylic acids is 2. The van der Waals surface area contributed by atoms with E-state index in [-0.39, 0.29) is 19.2 Å². The van der Waals surface area contributed by atoms with Gasteiger partial charge in [-0.25, -0.2) is 14.2 Å². The van der Waals surface area contributed by atoms with Crippen molar-refractivity contribution >= 4 is 40.6 Å². The molecule has 1 aliphatic heterocycles. The number of nitrogens with one attached hydrogen (secondary N) is 3. The van der Waals surface area contributed by atoms with Crippen molar-refractivity contribution in [2.75, 3.05) is 37.0 Å². The van der Waals surface area contributed by atoms with Gasteiger partial charge in [0.05, 0.1) is 32.2 Å². The molecule has 3 aromatic rings. The minimum Gasteiger partial charge on any atom is -0.478 e. The largest absolute Gasteiger partial charge is 0.478 e. The van der Waals surface area contributed by atoms with E-state index in [1.807, 2.05) is 38.7 Å². The molecule has 0 unspecified atom stereocenters. The predicted octanol–water partition coefficient (Wildman–Crippen LogP) is 3.62. The fourth-order valence-electron chi connectivity index (χ4n) is 4.85. The van der Waals surface area contributed by atoms with Crippen molar-refractivity contribution in [2.45, 2.75) is 77.2 Å². The fourth-order valence-corrected chi connectivity index (χ4v) is 4.85. The van der Waals surface area contributed by atoms with E-state index < -0.39 is 23.7 Å². The first-order chi connectivity index (χ1) is 21.0. The lowest BCUT2D eigenvalue weighted by Gasteiger charge is -2.19. The molecule has 15 heteroatoms. The first kappa shape index (κ1) is 32.5. The minimum atomic E-state index is -1.28. The number of fused-ring (bicyclic) bond motifs is 1. The summed E-state index contributed by atoms with van der Waals surface area (Å²) in [4.78, 5) is 38.9. The van der Waals surface area contributed by atoms with E-state index in [0.29, 0.717) is 47.6 Å². The third kappa shape index (κ3) is 8.57. The molecule has 0 radical (unpaired) electrons. The normalized spacial score (nSPS) is 16.6. The molecule has 240 valence electrons. The summed E-state index contributed by atoms with van der Waals surface area (Å²) < 4.78 is 29.1. The molecule has 1 aliphatic rings. The summed E-state index contributed by atoms with van der Waals surface area (Å²) in [6.45, 7) is 10.5. The monoisotopic (exact) mass is 614 g/mol. The van der Waals surface area contributed by atoms with Crippen LogP contribution in [0.15, 0.2) is 25.2 Å². The van der Waals surface area contributed by atoms with Crippen molar-refractivity contribution in [3.8, 4) is 5.88 Å². The second-order valence-electron chi connectivity index (χ2n) is 11.8. The van der Waals surface area contributed by atoms with Gasteiger partial charge in [-0.05, 0) is 39.7 Å². The zero-order valence-corrected chi connectivity index (χ0v) is 26.1. The SMILES string of the molecule is C=CC(=O)N[C@@H]1CN(c2nc(Nc3cn(CCCCCCCNC(=O)OC(C)(C)C)nc3OC)c3ncn(C)c3n2)C[C@H]1F. The van der Waals surface area contributed by atoms with Crippen LogP contribution in [0.1, 0.15) is 52.9 Å². The van der Waals surface area contributed by atoms with E-state index in [4.69, 9.17) is 9.47 Å². The Bertz CT molecular complexity index is 1450. The number of carbonyl (C=O) groups is 2. The summed E-state index contributed by atoms with van der Waals surface area (Å²) >= 11 is 0. The number of rotatable bonds is 14. The van der Waals surface area contributed by atoms with Gasteiger partial charge in [0.25, 0.3) is 5.88 Å². The molecular formula is C29H43FN10O4. The van der Waals surface area contributed by atoms with Crippen molar-refractivity contribution in [1.29, 1.82) is 0 Å². The van der Waals surface area contributed by atoms with E-state index in [1.165, 1.54) is 0 Å². The standard InChI is InChI=1S/C29H43FN10O4/c1-7-22(41)33-20-16-39(15-19(20)30)27-35-24(23-25(36-27)38(5)18-32-23)34-21-17-40(37-26(21)43-6)14-12-10-8-9-11-13-31-28(42)44-29(2,3)4/h7,17-20H,1,8-16H2,2-6H3,(H,31,42)(H,33,41)(H,34,35,36)/t19-,20-/m1/s1. The van der Waals surface area contributed by atoms with Crippen LogP contribution in [0.3, 0.4) is 0 Å². The van der Waals surface area contributed by atoms with Gasteiger partial charge in [-0.15, -0.1) is 5.10 Å². The lowest BCUT2D eigenvalue weighted by atomic mass is 10.1. The van der Waals surface area contributed by atoms with Gasteiger partial charge in [-0.2, -0.15) is 9.97 Å². The summed E-state index contributed by atoms with van der Waals surface area (Å²) in [5.41, 5.74) is 1.22. The predicted molar refractivity (Wildman–Crippen MR) is 165 cm³/mol. The molecule has 1 saturated heterocycles. The maximum Gasteiger partial charge on any atom is 0.407 e. The van der Waals surface area contributed by atoms with Crippen LogP contribution in [-0.2, 0) is 23.1 Å². The highest BCUT2D eigenvalue weighted by molar-refractivity contribution is 5.88. The van der Waals surface area contributed by atoms with Crippen molar-refractivity contribution in [2.24, 2.45) is 7.05 Å². The number of ether oxygens (including phenoxy) is 2. The van der Waals surface area contributed by atoms with Gasteiger partial charge in [-0.1, -0.05) is 25.8 Å². The van der Waals surface area contributed by atoms with E-state index in [0.717, 1.165) is 38.2 Å². The molecule has 2 amide bonds. The number of alkyl carbamates (subject to hydrolysis) is 1. The highest BCUT2D eigenvalue weighted by Gasteiger charge is 2.35. The lowest BCUT2D eigenvalue weighted by molar-refractivity contribution is -0.117. The first-order valence-electron chi connectivity index (χ1n) is 14.8. The van der Waals surface area contributed by atoms with E-state index in [9.17, 15) is 14.0 Å². The average molecular weight is 615 g/mol. The van der Waals surface area contributed by atoms with Crippen LogP contribution in [0.4, 0.5) is 26.6 Å². The number of aromatic nitrogens is 6. The Morgan fingerprint density at radius 2 is 1.91 bits per heavy atom. The molecule has 4 rings (SSSR count). The van der Waals surface area contributed by atoms with Gasteiger partial charge in [0.1, 0.15) is 17.5 Å². The summed E-state index contributed by atoms with van der Waals surface area (Å²) in [6, 6.07) is -0.699. The van der Waals surface area contributed by atoms with Gasteiger partial charge in [0, 0.05) is 26.7 Å². The Morgan fingerprint density at radius 1 is 1.16 bits per heavy atom. The summed E-state index contributed by atoms with van der Waals surface area (Å²) in [5.74, 6) is 0.716. The molecule has 0 bridgehead atoms. The number of hydrogen-bond donors (Lipinski definition) is 3. The molecular weight excluding hydrogens is 571 g/mol. The number of halogens is 1. The van der Waals surface area contributed by atoms with Gasteiger partial charge in [0.2, 0.25) is 11.9 Å². The second kappa shape index (κ2) is 14.4. The Morgan fingerprint density at radius 3 is 2.64 bits per heavy atom. The van der Waals surface area contributed by atoms with Crippen LogP contribution >= 0.6 is 0 Å². The zero-order valence-electron chi connectivity index (χ0n) is 26.1. The smallest absolute Gasteiger partial charge is 0.407 e. The van der Waals surface area contributed by atoms with E-state index in [2.05, 4.69) is 42.6 Å². The van der Waals surface area contributed by atoms with Crippen molar-refractivity contribution in [1.82, 2.24) is 39.9 Å². The summed E-state index contributed by atoms with van der Waals surface area (Å²) in [6.07, 6.45) is 7.81. The molecule has 0 spiro atoms. The third-order valence-corrected chi connectivity index (χ3v) is 7.00. The number of aryl methyl sites for hydroxylation is 2. The average Bonchev–Trinajstić information content (AvgIpc) is 3.65. The van der Waals surface area contributed by atoms with Gasteiger partial charge >= 0.3 is 6.09 Å². The molecule has 4 heterocycles. The molecule has 3 aromatic heterocycles. The van der Waals surface area contributed by atoms with Crippen molar-refractivity contribution < 1.29 is 23.5 Å². The minimum absolute atomic E-state index is 0.0341. The van der Waals surface area contributed by atoms with Gasteiger partial charge in [0.15, 0.2) is 17.0 Å². The number of nitrogens with zero attached hydrogens (tertiary/aromatic N) is 7. The van der Waals surface area contributed by atoms with Gasteiger partial charge < -0.3 is 34.9 Å². The molecule has 3 N–H and O–H groups in total. The summed E-state index contributed by atoms with van der Waals surface area (Å²) in [5, 5.41) is 13.3. The Labute approximate surface area is 256 Å². The Balaban J connectivity index is 1.34. The molecule has 2 atom stereocenters. The van der Waals surface area contributed by atoms with Crippen LogP contribution in [0.25, 0.3) is 11.2 Å². The fraction of sp³-hybridized carbons (Fsp3) is 0.586. The second-order valence-corrected chi connectivity index (χ2v) is 11.8. The number of imidazole rings is 1. The zero-order chi connectivity index (χ0) is 31.9. The van der Waals surface area contributed by atoms with Crippen LogP contribution in [-0.4, -0.2) is 85.9 Å². The highest BCUT2D eigenvalue weighted by atomic mass is 19.1. The van der Waals surface area contributed by atoms with E-state index in [1.54, 1.807) is 22.9 Å². The quantitative estimate of drug-likeness (QED) is 0.181. The van der Waals surface area contributed by atoms with Crippen LogP contribution < -0.4 is 25.6 Å². The molecule has 0 aromatic carbocycles. The van der Waals surface area contributed by atoms with Crippen molar-refractivity contribution in [3.63, 3.8) is 0 Å². The number of methoxy groups -OCH3 is 1. The number of unbranched alkanes of at least 4 members (excludes halogenated alkanes) is 4.